The van der Waals surface area contributed by atoms with Crippen LogP contribution in [0.3, 0.4) is 0 Å². The predicted molar refractivity (Wildman–Crippen MR) is 91.8 cm³/mol. The minimum absolute atomic E-state index is 0.121. The molecule has 6 heteroatoms. The molecule has 2 rings (SSSR count). The summed E-state index contributed by atoms with van der Waals surface area (Å²) in [6, 6.07) is 16.0. The maximum absolute atomic E-state index is 12.1. The number of aliphatic hydroxyl groups is 1. The Kier molecular flexibility index (Phi) is 6.08. The number of nitrogens with one attached hydrogen (secondary N) is 1. The minimum Gasteiger partial charge on any atom is -0.510 e. The van der Waals surface area contributed by atoms with E-state index in [-0.39, 0.29) is 12.2 Å². The standard InChI is InChI=1S/C18H18N2O4/c1-24-15-9-5-6-13(12-15)10-11-16(21)17(20-23)18(22)19-14-7-3-2-4-8-14/h2-9,12,21H,10-11H2,1H3,(H,19,22)/b17-16+. The third kappa shape index (κ3) is 4.67. The number of amides is 1. The van der Waals surface area contributed by atoms with Gasteiger partial charge in [-0.1, -0.05) is 30.3 Å². The van der Waals surface area contributed by atoms with Crippen LogP contribution < -0.4 is 10.1 Å². The molecule has 2 aromatic rings. The maximum Gasteiger partial charge on any atom is 0.281 e. The monoisotopic (exact) mass is 326 g/mol. The first kappa shape index (κ1) is 17.2. The molecule has 0 unspecified atom stereocenters. The number of anilines is 1. The lowest BCUT2D eigenvalue weighted by molar-refractivity contribution is -0.113. The number of hydrogen-bond acceptors (Lipinski definition) is 5. The van der Waals surface area contributed by atoms with Gasteiger partial charge in [-0.2, -0.15) is 0 Å². The van der Waals surface area contributed by atoms with E-state index in [4.69, 9.17) is 4.74 Å². The Labute approximate surface area is 139 Å². The Morgan fingerprint density at radius 3 is 2.58 bits per heavy atom. The fourth-order valence-electron chi connectivity index (χ4n) is 2.15. The molecule has 0 aromatic heterocycles. The van der Waals surface area contributed by atoms with Gasteiger partial charge in [0.05, 0.1) is 7.11 Å². The summed E-state index contributed by atoms with van der Waals surface area (Å²) in [5, 5.41) is 15.2. The number of para-hydroxylation sites is 1. The third-order valence-corrected chi connectivity index (χ3v) is 3.40. The lowest BCUT2D eigenvalue weighted by atomic mass is 10.1. The summed E-state index contributed by atoms with van der Waals surface area (Å²) in [6.45, 7) is 0. The predicted octanol–water partition coefficient (Wildman–Crippen LogP) is 3.80. The fraction of sp³-hybridized carbons (Fsp3) is 0.167. The van der Waals surface area contributed by atoms with Crippen LogP contribution in [-0.4, -0.2) is 18.1 Å². The number of carbonyl (C=O) groups excluding carboxylic acids is 1. The summed E-state index contributed by atoms with van der Waals surface area (Å²) >= 11 is 0. The summed E-state index contributed by atoms with van der Waals surface area (Å²) in [4.78, 5) is 23.0. The van der Waals surface area contributed by atoms with Gasteiger partial charge in [-0.3, -0.25) is 4.79 Å². The summed E-state index contributed by atoms with van der Waals surface area (Å²) < 4.78 is 5.13. The highest BCUT2D eigenvalue weighted by molar-refractivity contribution is 6.03. The highest BCUT2D eigenvalue weighted by Crippen LogP contribution is 2.18. The van der Waals surface area contributed by atoms with Crippen molar-refractivity contribution in [1.82, 2.24) is 0 Å². The number of aryl methyl sites for hydroxylation is 1. The molecule has 6 nitrogen and oxygen atoms in total. The van der Waals surface area contributed by atoms with E-state index >= 15 is 0 Å². The minimum atomic E-state index is -0.737. The van der Waals surface area contributed by atoms with E-state index in [0.717, 1.165) is 5.56 Å². The number of nitroso groups, excluding NO2 is 1. The number of allylic oxidation sites excluding steroid dienone is 1. The zero-order chi connectivity index (χ0) is 17.4. The molecule has 24 heavy (non-hydrogen) atoms. The molecule has 0 fully saturated rings. The molecular weight excluding hydrogens is 308 g/mol. The van der Waals surface area contributed by atoms with Crippen LogP contribution in [0, 0.1) is 4.91 Å². The summed E-state index contributed by atoms with van der Waals surface area (Å²) in [6.07, 6.45) is 0.567. The van der Waals surface area contributed by atoms with Gasteiger partial charge >= 0.3 is 0 Å². The highest BCUT2D eigenvalue weighted by atomic mass is 16.5. The molecule has 0 radical (unpaired) electrons. The average Bonchev–Trinajstić information content (AvgIpc) is 2.61. The van der Waals surface area contributed by atoms with Crippen LogP contribution >= 0.6 is 0 Å². The van der Waals surface area contributed by atoms with Crippen molar-refractivity contribution in [1.29, 1.82) is 0 Å². The van der Waals surface area contributed by atoms with Crippen molar-refractivity contribution in [3.63, 3.8) is 0 Å². The van der Waals surface area contributed by atoms with Crippen LogP contribution in [0.25, 0.3) is 0 Å². The molecule has 124 valence electrons. The van der Waals surface area contributed by atoms with Crippen molar-refractivity contribution in [2.75, 3.05) is 12.4 Å². The molecule has 0 saturated carbocycles. The lowest BCUT2D eigenvalue weighted by Crippen LogP contribution is -2.15. The number of rotatable bonds is 7. The van der Waals surface area contributed by atoms with Crippen molar-refractivity contribution < 1.29 is 14.6 Å². The smallest absolute Gasteiger partial charge is 0.281 e. The normalized spacial score (nSPS) is 11.4. The second-order valence-corrected chi connectivity index (χ2v) is 5.06. The zero-order valence-electron chi connectivity index (χ0n) is 13.2. The first-order valence-electron chi connectivity index (χ1n) is 7.39. The molecule has 1 amide bonds. The fourth-order valence-corrected chi connectivity index (χ4v) is 2.15. The quantitative estimate of drug-likeness (QED) is 0.460. The summed E-state index contributed by atoms with van der Waals surface area (Å²) in [5.74, 6) is -0.382. The summed E-state index contributed by atoms with van der Waals surface area (Å²) in [7, 11) is 1.57. The Morgan fingerprint density at radius 1 is 1.17 bits per heavy atom. The largest absolute Gasteiger partial charge is 0.510 e. The van der Waals surface area contributed by atoms with Gasteiger partial charge in [-0.05, 0) is 41.4 Å². The van der Waals surface area contributed by atoms with E-state index in [0.29, 0.717) is 17.9 Å². The summed E-state index contributed by atoms with van der Waals surface area (Å²) in [5.41, 5.74) is 0.917. The van der Waals surface area contributed by atoms with Crippen molar-refractivity contribution in [2.24, 2.45) is 5.18 Å². The molecule has 0 aliphatic carbocycles. The third-order valence-electron chi connectivity index (χ3n) is 3.40. The molecule has 0 heterocycles. The Balaban J connectivity index is 2.05. The second-order valence-electron chi connectivity index (χ2n) is 5.06. The SMILES string of the molecule is COc1cccc(CC/C(O)=C(\N=O)C(=O)Nc2ccccc2)c1. The molecule has 0 bridgehead atoms. The number of methoxy groups -OCH3 is 1. The Bertz CT molecular complexity index is 742. The number of carbonyl (C=O) groups is 1. The number of ether oxygens (including phenoxy) is 1. The first-order valence-corrected chi connectivity index (χ1v) is 7.39. The van der Waals surface area contributed by atoms with E-state index in [1.807, 2.05) is 24.3 Å². The maximum atomic E-state index is 12.1. The number of aliphatic hydroxyl groups excluding tert-OH is 1. The van der Waals surface area contributed by atoms with Crippen LogP contribution in [0.2, 0.25) is 0 Å². The number of hydrogen-bond donors (Lipinski definition) is 2. The van der Waals surface area contributed by atoms with Gasteiger partial charge in [0.15, 0.2) is 0 Å². The zero-order valence-corrected chi connectivity index (χ0v) is 13.2. The average molecular weight is 326 g/mol. The van der Waals surface area contributed by atoms with Gasteiger partial charge < -0.3 is 15.2 Å². The molecule has 0 aliphatic rings. The van der Waals surface area contributed by atoms with E-state index in [1.165, 1.54) is 0 Å². The molecule has 2 aromatic carbocycles. The topological polar surface area (TPSA) is 88.0 Å². The molecular formula is C18H18N2O4. The van der Waals surface area contributed by atoms with Crippen molar-refractivity contribution in [3.8, 4) is 5.75 Å². The Hall–Kier alpha value is -3.15. The van der Waals surface area contributed by atoms with E-state index < -0.39 is 11.6 Å². The van der Waals surface area contributed by atoms with Crippen molar-refractivity contribution in [3.05, 3.63) is 76.5 Å². The van der Waals surface area contributed by atoms with Gasteiger partial charge in [0.25, 0.3) is 5.91 Å². The Morgan fingerprint density at radius 2 is 1.92 bits per heavy atom. The van der Waals surface area contributed by atoms with Gasteiger partial charge in [-0.15, -0.1) is 4.91 Å². The highest BCUT2D eigenvalue weighted by Gasteiger charge is 2.16. The first-order chi connectivity index (χ1) is 11.6. The van der Waals surface area contributed by atoms with Crippen molar-refractivity contribution in [2.45, 2.75) is 12.8 Å². The van der Waals surface area contributed by atoms with Crippen LogP contribution in [-0.2, 0) is 11.2 Å². The van der Waals surface area contributed by atoms with Crippen LogP contribution in [0.15, 0.2) is 71.2 Å². The van der Waals surface area contributed by atoms with Crippen LogP contribution in [0.5, 0.6) is 5.75 Å². The number of nitrogens with zero attached hydrogens (tertiary/aromatic N) is 1. The van der Waals surface area contributed by atoms with Gasteiger partial charge in [-0.25, -0.2) is 0 Å². The van der Waals surface area contributed by atoms with E-state index in [2.05, 4.69) is 10.5 Å². The van der Waals surface area contributed by atoms with Gasteiger partial charge in [0.1, 0.15) is 11.5 Å². The number of benzene rings is 2. The molecule has 2 N–H and O–H groups in total. The molecule has 0 aliphatic heterocycles. The van der Waals surface area contributed by atoms with Gasteiger partial charge in [0, 0.05) is 12.1 Å². The lowest BCUT2D eigenvalue weighted by Gasteiger charge is -2.07. The van der Waals surface area contributed by atoms with E-state index in [1.54, 1.807) is 37.4 Å². The van der Waals surface area contributed by atoms with E-state index in [9.17, 15) is 14.8 Å². The van der Waals surface area contributed by atoms with Crippen LogP contribution in [0.4, 0.5) is 5.69 Å². The van der Waals surface area contributed by atoms with Crippen LogP contribution in [0.1, 0.15) is 12.0 Å². The van der Waals surface area contributed by atoms with Crippen molar-refractivity contribution >= 4 is 11.6 Å². The molecule has 0 saturated heterocycles. The molecule has 0 spiro atoms. The molecule has 0 atom stereocenters. The van der Waals surface area contributed by atoms with Gasteiger partial charge in [0.2, 0.25) is 5.70 Å². The second kappa shape index (κ2) is 8.47.